The average Bonchev–Trinajstić information content (AvgIpc) is 2.37. The molecule has 0 aliphatic carbocycles. The molecule has 0 saturated carbocycles. The molecule has 2 N–H and O–H groups in total. The highest BCUT2D eigenvalue weighted by molar-refractivity contribution is 9.11. The molecule has 0 saturated heterocycles. The van der Waals surface area contributed by atoms with Gasteiger partial charge < -0.3 is 19.9 Å². The van der Waals surface area contributed by atoms with Gasteiger partial charge in [0, 0.05) is 11.6 Å². The number of benzene rings is 1. The molecule has 19 heavy (non-hydrogen) atoms. The summed E-state index contributed by atoms with van der Waals surface area (Å²) in [6.45, 7) is -0.0494. The second-order valence-corrected chi connectivity index (χ2v) is 5.54. The Morgan fingerprint density at radius 1 is 1.47 bits per heavy atom. The first-order chi connectivity index (χ1) is 9.06. The third-order valence-corrected chi connectivity index (χ3v) is 3.32. The Kier molecular flexibility index (Phi) is 7.37. The summed E-state index contributed by atoms with van der Waals surface area (Å²) in [5.74, 6) is 0.261. The first kappa shape index (κ1) is 16.4. The lowest BCUT2D eigenvalue weighted by Gasteiger charge is -2.15. The van der Waals surface area contributed by atoms with Crippen LogP contribution < -0.4 is 10.1 Å². The zero-order chi connectivity index (χ0) is 14.3. The van der Waals surface area contributed by atoms with Gasteiger partial charge in [0.1, 0.15) is 5.75 Å². The highest BCUT2D eigenvalue weighted by Crippen LogP contribution is 2.27. The van der Waals surface area contributed by atoms with Gasteiger partial charge in [0.2, 0.25) is 0 Å². The van der Waals surface area contributed by atoms with Crippen molar-refractivity contribution in [2.24, 2.45) is 0 Å². The number of aliphatic hydroxyl groups is 1. The van der Waals surface area contributed by atoms with E-state index in [9.17, 15) is 4.79 Å². The zero-order valence-electron chi connectivity index (χ0n) is 10.4. The maximum absolute atomic E-state index is 11.6. The highest BCUT2D eigenvalue weighted by atomic mass is 79.9. The van der Waals surface area contributed by atoms with E-state index in [0.29, 0.717) is 5.75 Å². The number of hydrogen-bond donors (Lipinski definition) is 2. The van der Waals surface area contributed by atoms with E-state index in [0.717, 1.165) is 8.95 Å². The van der Waals surface area contributed by atoms with Crippen LogP contribution in [0.4, 0.5) is 0 Å². The van der Waals surface area contributed by atoms with Crippen LogP contribution in [0, 0.1) is 0 Å². The number of methoxy groups -OCH3 is 1. The van der Waals surface area contributed by atoms with E-state index in [1.807, 2.05) is 12.1 Å². The topological polar surface area (TPSA) is 67.8 Å². The summed E-state index contributed by atoms with van der Waals surface area (Å²) in [6.07, 6.45) is 0. The maximum atomic E-state index is 11.6. The smallest absolute Gasteiger partial charge is 0.258 e. The third-order valence-electron chi connectivity index (χ3n) is 2.21. The Bertz CT molecular complexity index is 428. The van der Waals surface area contributed by atoms with E-state index < -0.39 is 6.04 Å². The second-order valence-electron chi connectivity index (χ2n) is 3.77. The SMILES string of the molecule is COCC(CO)NC(=O)COc1ccc(Br)cc1Br. The van der Waals surface area contributed by atoms with Gasteiger partial charge in [-0.1, -0.05) is 15.9 Å². The first-order valence-electron chi connectivity index (χ1n) is 5.53. The largest absolute Gasteiger partial charge is 0.483 e. The maximum Gasteiger partial charge on any atom is 0.258 e. The molecule has 0 fully saturated rings. The third kappa shape index (κ3) is 5.90. The van der Waals surface area contributed by atoms with Crippen LogP contribution in [0.3, 0.4) is 0 Å². The van der Waals surface area contributed by atoms with Gasteiger partial charge in [0.25, 0.3) is 5.91 Å². The Morgan fingerprint density at radius 3 is 2.79 bits per heavy atom. The molecule has 1 rings (SSSR count). The molecule has 1 aromatic rings. The minimum absolute atomic E-state index is 0.125. The average molecular weight is 397 g/mol. The summed E-state index contributed by atoms with van der Waals surface area (Å²) in [5, 5.41) is 11.6. The van der Waals surface area contributed by atoms with E-state index in [-0.39, 0.29) is 25.7 Å². The van der Waals surface area contributed by atoms with E-state index in [1.165, 1.54) is 7.11 Å². The van der Waals surface area contributed by atoms with Crippen LogP contribution in [0.25, 0.3) is 0 Å². The van der Waals surface area contributed by atoms with Crippen molar-refractivity contribution in [1.29, 1.82) is 0 Å². The predicted molar refractivity (Wildman–Crippen MR) is 78.2 cm³/mol. The molecule has 0 spiro atoms. The summed E-state index contributed by atoms with van der Waals surface area (Å²) in [6, 6.07) is 4.98. The molecule has 0 bridgehead atoms. The van der Waals surface area contributed by atoms with Gasteiger partial charge >= 0.3 is 0 Å². The summed E-state index contributed by atoms with van der Waals surface area (Å²) in [4.78, 5) is 11.6. The van der Waals surface area contributed by atoms with Crippen molar-refractivity contribution in [3.63, 3.8) is 0 Å². The molecule has 5 nitrogen and oxygen atoms in total. The lowest BCUT2D eigenvalue weighted by atomic mass is 10.3. The van der Waals surface area contributed by atoms with E-state index in [4.69, 9.17) is 14.6 Å². The first-order valence-corrected chi connectivity index (χ1v) is 7.12. The number of halogens is 2. The van der Waals surface area contributed by atoms with E-state index in [2.05, 4.69) is 37.2 Å². The minimum atomic E-state index is -0.422. The fourth-order valence-electron chi connectivity index (χ4n) is 1.35. The number of rotatable bonds is 7. The molecule has 106 valence electrons. The van der Waals surface area contributed by atoms with Crippen LogP contribution in [0.2, 0.25) is 0 Å². The number of ether oxygens (including phenoxy) is 2. The highest BCUT2D eigenvalue weighted by Gasteiger charge is 2.12. The Labute approximate surface area is 128 Å². The predicted octanol–water partition coefficient (Wildman–Crippen LogP) is 1.71. The van der Waals surface area contributed by atoms with Crippen LogP contribution in [0.15, 0.2) is 27.1 Å². The number of aliphatic hydroxyl groups excluding tert-OH is 1. The lowest BCUT2D eigenvalue weighted by molar-refractivity contribution is -0.124. The van der Waals surface area contributed by atoms with Crippen molar-refractivity contribution in [1.82, 2.24) is 5.32 Å². The number of hydrogen-bond acceptors (Lipinski definition) is 4. The molecule has 0 aliphatic rings. The fraction of sp³-hybridized carbons (Fsp3) is 0.417. The van der Waals surface area contributed by atoms with Crippen LogP contribution in [0.5, 0.6) is 5.75 Å². The van der Waals surface area contributed by atoms with Gasteiger partial charge in [-0.25, -0.2) is 0 Å². The summed E-state index contributed by atoms with van der Waals surface area (Å²) >= 11 is 6.67. The standard InChI is InChI=1S/C12H15Br2NO4/c1-18-6-9(5-16)15-12(17)7-19-11-3-2-8(13)4-10(11)14/h2-4,9,16H,5-7H2,1H3,(H,15,17). The van der Waals surface area contributed by atoms with Crippen molar-refractivity contribution in [2.45, 2.75) is 6.04 Å². The number of carbonyl (C=O) groups excluding carboxylic acids is 1. The van der Waals surface area contributed by atoms with Crippen LogP contribution in [-0.4, -0.2) is 44.0 Å². The van der Waals surface area contributed by atoms with Crippen molar-refractivity contribution < 1.29 is 19.4 Å². The fourth-order valence-corrected chi connectivity index (χ4v) is 2.51. The lowest BCUT2D eigenvalue weighted by Crippen LogP contribution is -2.42. The Balaban J connectivity index is 2.45. The van der Waals surface area contributed by atoms with Crippen LogP contribution in [-0.2, 0) is 9.53 Å². The molecular weight excluding hydrogens is 382 g/mol. The molecular formula is C12H15Br2NO4. The summed E-state index contributed by atoms with van der Waals surface area (Å²) in [5.41, 5.74) is 0. The van der Waals surface area contributed by atoms with Crippen molar-refractivity contribution >= 4 is 37.8 Å². The molecule has 0 aliphatic heterocycles. The summed E-state index contributed by atoms with van der Waals surface area (Å²) in [7, 11) is 1.50. The second kappa shape index (κ2) is 8.52. The van der Waals surface area contributed by atoms with Crippen molar-refractivity contribution in [2.75, 3.05) is 26.9 Å². The van der Waals surface area contributed by atoms with Gasteiger partial charge in [-0.15, -0.1) is 0 Å². The quantitative estimate of drug-likeness (QED) is 0.736. The molecule has 0 aromatic heterocycles. The molecule has 0 radical (unpaired) electrons. The van der Waals surface area contributed by atoms with Crippen LogP contribution >= 0.6 is 31.9 Å². The van der Waals surface area contributed by atoms with E-state index >= 15 is 0 Å². The number of nitrogens with one attached hydrogen (secondary N) is 1. The number of carbonyl (C=O) groups is 1. The normalized spacial score (nSPS) is 12.0. The molecule has 1 aromatic carbocycles. The Morgan fingerprint density at radius 2 is 2.21 bits per heavy atom. The minimum Gasteiger partial charge on any atom is -0.483 e. The van der Waals surface area contributed by atoms with Gasteiger partial charge in [-0.05, 0) is 34.1 Å². The van der Waals surface area contributed by atoms with Crippen molar-refractivity contribution in [3.8, 4) is 5.75 Å². The van der Waals surface area contributed by atoms with Crippen molar-refractivity contribution in [3.05, 3.63) is 27.1 Å². The van der Waals surface area contributed by atoms with Gasteiger partial charge in [-0.2, -0.15) is 0 Å². The van der Waals surface area contributed by atoms with Gasteiger partial charge in [0.15, 0.2) is 6.61 Å². The molecule has 7 heteroatoms. The Hall–Kier alpha value is -0.630. The molecule has 1 amide bonds. The zero-order valence-corrected chi connectivity index (χ0v) is 13.5. The van der Waals surface area contributed by atoms with Crippen LogP contribution in [0.1, 0.15) is 0 Å². The van der Waals surface area contributed by atoms with E-state index in [1.54, 1.807) is 6.07 Å². The number of amides is 1. The molecule has 0 heterocycles. The molecule has 1 atom stereocenters. The van der Waals surface area contributed by atoms with Gasteiger partial charge in [-0.3, -0.25) is 4.79 Å². The van der Waals surface area contributed by atoms with Gasteiger partial charge in [0.05, 0.1) is 23.7 Å². The summed E-state index contributed by atoms with van der Waals surface area (Å²) < 4.78 is 11.9. The monoisotopic (exact) mass is 395 g/mol. The molecule has 1 unspecified atom stereocenters.